The third-order valence-corrected chi connectivity index (χ3v) is 6.10. The van der Waals surface area contributed by atoms with Crippen molar-refractivity contribution in [2.24, 2.45) is 11.8 Å². The summed E-state index contributed by atoms with van der Waals surface area (Å²) in [5, 5.41) is 0. The van der Waals surface area contributed by atoms with Crippen LogP contribution in [-0.4, -0.2) is 48.3 Å². The maximum absolute atomic E-state index is 12.1. The Labute approximate surface area is 190 Å². The molecule has 2 aliphatic carbocycles. The Morgan fingerprint density at radius 3 is 1.25 bits per heavy atom. The van der Waals surface area contributed by atoms with E-state index in [4.69, 9.17) is 18.9 Å². The predicted octanol–water partition coefficient (Wildman–Crippen LogP) is 3.65. The first-order valence-electron chi connectivity index (χ1n) is 11.6. The Balaban J connectivity index is 1.68. The molecule has 2 saturated carbocycles. The highest BCUT2D eigenvalue weighted by molar-refractivity contribution is 5.93. The van der Waals surface area contributed by atoms with E-state index in [1.807, 2.05) is 0 Å². The zero-order valence-corrected chi connectivity index (χ0v) is 19.5. The van der Waals surface area contributed by atoms with Crippen molar-refractivity contribution in [1.29, 1.82) is 0 Å². The van der Waals surface area contributed by atoms with Crippen molar-refractivity contribution >= 4 is 23.9 Å². The van der Waals surface area contributed by atoms with Crippen LogP contribution in [0.2, 0.25) is 0 Å². The SMILES string of the molecule is CC1CCC(OC(=O)C(C)OC(=O)/C=C/C(=O)OC(C)C(=O)OC2CCC(C)CC2)CC1. The monoisotopic (exact) mass is 452 g/mol. The third kappa shape index (κ3) is 9.01. The van der Waals surface area contributed by atoms with Crippen molar-refractivity contribution < 1.29 is 38.1 Å². The minimum Gasteiger partial charge on any atom is -0.460 e. The molecule has 32 heavy (non-hydrogen) atoms. The van der Waals surface area contributed by atoms with Crippen LogP contribution >= 0.6 is 0 Å². The summed E-state index contributed by atoms with van der Waals surface area (Å²) in [4.78, 5) is 48.0. The minimum absolute atomic E-state index is 0.149. The molecule has 0 N–H and O–H groups in total. The highest BCUT2D eigenvalue weighted by atomic mass is 16.6. The van der Waals surface area contributed by atoms with Gasteiger partial charge < -0.3 is 18.9 Å². The summed E-state index contributed by atoms with van der Waals surface area (Å²) in [5.41, 5.74) is 0. The predicted molar refractivity (Wildman–Crippen MR) is 115 cm³/mol. The van der Waals surface area contributed by atoms with Gasteiger partial charge in [-0.05, 0) is 77.0 Å². The molecule has 2 aliphatic rings. The molecule has 8 heteroatoms. The molecule has 8 nitrogen and oxygen atoms in total. The topological polar surface area (TPSA) is 105 Å². The van der Waals surface area contributed by atoms with Gasteiger partial charge in [-0.3, -0.25) is 0 Å². The van der Waals surface area contributed by atoms with Gasteiger partial charge in [-0.15, -0.1) is 0 Å². The zero-order valence-electron chi connectivity index (χ0n) is 19.5. The summed E-state index contributed by atoms with van der Waals surface area (Å²) in [6.07, 6.45) is 6.47. The quantitative estimate of drug-likeness (QED) is 0.312. The van der Waals surface area contributed by atoms with Crippen molar-refractivity contribution in [2.45, 2.75) is 103 Å². The Hall–Kier alpha value is -2.38. The first-order chi connectivity index (χ1) is 15.1. The lowest BCUT2D eigenvalue weighted by atomic mass is 9.89. The lowest BCUT2D eigenvalue weighted by Crippen LogP contribution is -2.32. The van der Waals surface area contributed by atoms with Crippen LogP contribution < -0.4 is 0 Å². The molecule has 2 unspecified atom stereocenters. The van der Waals surface area contributed by atoms with E-state index in [9.17, 15) is 19.2 Å². The van der Waals surface area contributed by atoms with Crippen LogP contribution in [0.4, 0.5) is 0 Å². The van der Waals surface area contributed by atoms with Crippen molar-refractivity contribution in [2.75, 3.05) is 0 Å². The number of rotatable bonds is 8. The molecule has 0 bridgehead atoms. The Morgan fingerprint density at radius 2 is 0.938 bits per heavy atom. The molecule has 2 atom stereocenters. The highest BCUT2D eigenvalue weighted by Crippen LogP contribution is 2.26. The number of esters is 4. The van der Waals surface area contributed by atoms with Gasteiger partial charge in [0.1, 0.15) is 12.2 Å². The molecule has 180 valence electrons. The smallest absolute Gasteiger partial charge is 0.347 e. The van der Waals surface area contributed by atoms with Crippen LogP contribution in [0.1, 0.15) is 79.1 Å². The first-order valence-corrected chi connectivity index (χ1v) is 11.6. The van der Waals surface area contributed by atoms with Gasteiger partial charge in [0.05, 0.1) is 0 Å². The Bertz CT molecular complexity index is 626. The maximum atomic E-state index is 12.1. The second-order valence-electron chi connectivity index (χ2n) is 9.13. The van der Waals surface area contributed by atoms with Crippen molar-refractivity contribution in [1.82, 2.24) is 0 Å². The number of carbonyl (C=O) groups excluding carboxylic acids is 4. The van der Waals surface area contributed by atoms with E-state index in [0.29, 0.717) is 11.8 Å². The number of ether oxygens (including phenoxy) is 4. The van der Waals surface area contributed by atoms with Gasteiger partial charge in [0, 0.05) is 12.2 Å². The molecule has 0 spiro atoms. The minimum atomic E-state index is -1.09. The fourth-order valence-corrected chi connectivity index (χ4v) is 3.87. The summed E-state index contributed by atoms with van der Waals surface area (Å²) in [6.45, 7) is 7.17. The number of hydrogen-bond acceptors (Lipinski definition) is 8. The Morgan fingerprint density at radius 1 is 0.625 bits per heavy atom. The van der Waals surface area contributed by atoms with Crippen LogP contribution in [0.5, 0.6) is 0 Å². The molecule has 0 saturated heterocycles. The van der Waals surface area contributed by atoms with Gasteiger partial charge in [-0.1, -0.05) is 13.8 Å². The van der Waals surface area contributed by atoms with E-state index in [1.165, 1.54) is 13.8 Å². The standard InChI is InChI=1S/C24H36O8/c1-15-5-9-19(10-6-15)31-23(27)17(3)29-21(25)13-14-22(26)30-18(4)24(28)32-20-11-7-16(2)8-12-20/h13-20H,5-12H2,1-4H3/b14-13+. The normalized spacial score (nSPS) is 27.8. The van der Waals surface area contributed by atoms with E-state index in [1.54, 1.807) is 0 Å². The Kier molecular flexibility index (Phi) is 10.2. The van der Waals surface area contributed by atoms with Gasteiger partial charge in [0.25, 0.3) is 0 Å². The van der Waals surface area contributed by atoms with Crippen LogP contribution in [0.3, 0.4) is 0 Å². The molecule has 0 radical (unpaired) electrons. The van der Waals surface area contributed by atoms with E-state index < -0.39 is 36.1 Å². The fourth-order valence-electron chi connectivity index (χ4n) is 3.87. The largest absolute Gasteiger partial charge is 0.460 e. The summed E-state index contributed by atoms with van der Waals surface area (Å²) < 4.78 is 20.8. The van der Waals surface area contributed by atoms with Crippen LogP contribution in [0.25, 0.3) is 0 Å². The average Bonchev–Trinajstić information content (AvgIpc) is 2.75. The summed E-state index contributed by atoms with van der Waals surface area (Å²) in [7, 11) is 0. The van der Waals surface area contributed by atoms with Gasteiger partial charge >= 0.3 is 23.9 Å². The second-order valence-corrected chi connectivity index (χ2v) is 9.13. The van der Waals surface area contributed by atoms with Crippen LogP contribution in [-0.2, 0) is 38.1 Å². The van der Waals surface area contributed by atoms with E-state index in [2.05, 4.69) is 13.8 Å². The molecule has 0 aromatic heterocycles. The molecule has 0 amide bonds. The second kappa shape index (κ2) is 12.6. The number of carbonyl (C=O) groups is 4. The summed E-state index contributed by atoms with van der Waals surface area (Å²) >= 11 is 0. The lowest BCUT2D eigenvalue weighted by molar-refractivity contribution is -0.169. The summed E-state index contributed by atoms with van der Waals surface area (Å²) in [5.74, 6) is -1.72. The van der Waals surface area contributed by atoms with E-state index in [0.717, 1.165) is 63.5 Å². The zero-order chi connectivity index (χ0) is 23.7. The molecule has 2 fully saturated rings. The van der Waals surface area contributed by atoms with Crippen molar-refractivity contribution in [3.8, 4) is 0 Å². The highest BCUT2D eigenvalue weighted by Gasteiger charge is 2.27. The van der Waals surface area contributed by atoms with Crippen molar-refractivity contribution in [3.05, 3.63) is 12.2 Å². The number of hydrogen-bond donors (Lipinski definition) is 0. The van der Waals surface area contributed by atoms with Crippen LogP contribution in [0, 0.1) is 11.8 Å². The molecule has 0 aromatic rings. The maximum Gasteiger partial charge on any atom is 0.347 e. The van der Waals surface area contributed by atoms with E-state index >= 15 is 0 Å². The molecular weight excluding hydrogens is 416 g/mol. The average molecular weight is 453 g/mol. The van der Waals surface area contributed by atoms with Gasteiger partial charge in [0.2, 0.25) is 0 Å². The van der Waals surface area contributed by atoms with Gasteiger partial charge in [0.15, 0.2) is 12.2 Å². The van der Waals surface area contributed by atoms with Gasteiger partial charge in [-0.25, -0.2) is 19.2 Å². The molecule has 0 heterocycles. The third-order valence-electron chi connectivity index (χ3n) is 6.10. The molecular formula is C24H36O8. The van der Waals surface area contributed by atoms with Crippen molar-refractivity contribution in [3.63, 3.8) is 0 Å². The van der Waals surface area contributed by atoms with Crippen LogP contribution in [0.15, 0.2) is 12.2 Å². The van der Waals surface area contributed by atoms with E-state index in [-0.39, 0.29) is 12.2 Å². The van der Waals surface area contributed by atoms with Gasteiger partial charge in [-0.2, -0.15) is 0 Å². The summed E-state index contributed by atoms with van der Waals surface area (Å²) in [6, 6.07) is 0. The molecule has 0 aliphatic heterocycles. The molecule has 2 rings (SSSR count). The fraction of sp³-hybridized carbons (Fsp3) is 0.750. The lowest BCUT2D eigenvalue weighted by Gasteiger charge is -2.26. The first kappa shape index (κ1) is 25.9. The molecule has 0 aromatic carbocycles.